The molecule has 0 aliphatic rings. The summed E-state index contributed by atoms with van der Waals surface area (Å²) >= 11 is 1.69. The highest BCUT2D eigenvalue weighted by Crippen LogP contribution is 2.24. The van der Waals surface area contributed by atoms with E-state index in [0.717, 1.165) is 16.6 Å². The number of para-hydroxylation sites is 1. The Labute approximate surface area is 148 Å². The Kier molecular flexibility index (Phi) is 7.10. The van der Waals surface area contributed by atoms with E-state index in [2.05, 4.69) is 26.1 Å². The predicted molar refractivity (Wildman–Crippen MR) is 98.4 cm³/mol. The zero-order valence-corrected chi connectivity index (χ0v) is 16.3. The van der Waals surface area contributed by atoms with Crippen LogP contribution >= 0.6 is 11.8 Å². The van der Waals surface area contributed by atoms with Gasteiger partial charge in [0.1, 0.15) is 11.9 Å². The minimum atomic E-state index is -3.81. The zero-order valence-electron chi connectivity index (χ0n) is 14.7. The first-order chi connectivity index (χ1) is 10.9. The maximum absolute atomic E-state index is 14.0. The molecule has 0 bridgehead atoms. The van der Waals surface area contributed by atoms with Crippen LogP contribution in [-0.4, -0.2) is 43.7 Å². The number of thioether (sulfide) groups is 1. The highest BCUT2D eigenvalue weighted by molar-refractivity contribution is 8.00. The summed E-state index contributed by atoms with van der Waals surface area (Å²) in [5.41, 5.74) is -0.133. The van der Waals surface area contributed by atoms with E-state index in [0.29, 0.717) is 12.3 Å². The first kappa shape index (κ1) is 20.8. The van der Waals surface area contributed by atoms with Gasteiger partial charge in [-0.05, 0) is 19.1 Å². The molecule has 8 heteroatoms. The molecule has 1 aromatic carbocycles. The van der Waals surface area contributed by atoms with E-state index in [9.17, 15) is 17.6 Å². The third-order valence-corrected chi connectivity index (χ3v) is 5.62. The van der Waals surface area contributed by atoms with Gasteiger partial charge in [0.05, 0.1) is 11.9 Å². The quantitative estimate of drug-likeness (QED) is 0.743. The molecule has 0 saturated carbocycles. The molecule has 0 aliphatic heterocycles. The van der Waals surface area contributed by atoms with Crippen LogP contribution in [-0.2, 0) is 14.8 Å². The summed E-state index contributed by atoms with van der Waals surface area (Å²) in [5.74, 6) is -0.440. The molecular formula is C16H25FN2O3S2. The SMILES string of the molecule is C[C@@H](C(=O)NCCSC(C)(C)C)N(c1ccccc1F)S(C)(=O)=O. The van der Waals surface area contributed by atoms with Crippen LogP contribution < -0.4 is 9.62 Å². The summed E-state index contributed by atoms with van der Waals surface area (Å²) in [7, 11) is -3.81. The van der Waals surface area contributed by atoms with E-state index < -0.39 is 27.8 Å². The molecule has 0 heterocycles. The van der Waals surface area contributed by atoms with Gasteiger partial charge in [0.25, 0.3) is 0 Å². The van der Waals surface area contributed by atoms with Gasteiger partial charge in [0.2, 0.25) is 15.9 Å². The number of nitrogens with one attached hydrogen (secondary N) is 1. The van der Waals surface area contributed by atoms with Crippen molar-refractivity contribution < 1.29 is 17.6 Å². The van der Waals surface area contributed by atoms with E-state index >= 15 is 0 Å². The topological polar surface area (TPSA) is 66.5 Å². The van der Waals surface area contributed by atoms with Crippen LogP contribution in [0.5, 0.6) is 0 Å². The summed E-state index contributed by atoms with van der Waals surface area (Å²) in [5, 5.41) is 2.71. The lowest BCUT2D eigenvalue weighted by Gasteiger charge is -2.28. The molecule has 1 atom stereocenters. The Morgan fingerprint density at radius 3 is 2.42 bits per heavy atom. The van der Waals surface area contributed by atoms with Gasteiger partial charge in [0, 0.05) is 17.0 Å². The molecule has 0 spiro atoms. The monoisotopic (exact) mass is 376 g/mol. The molecule has 1 aromatic rings. The molecule has 1 N–H and O–H groups in total. The average Bonchev–Trinajstić information content (AvgIpc) is 2.43. The van der Waals surface area contributed by atoms with Gasteiger partial charge in [0.15, 0.2) is 0 Å². The number of nitrogens with zero attached hydrogens (tertiary/aromatic N) is 1. The van der Waals surface area contributed by atoms with E-state index in [-0.39, 0.29) is 10.4 Å². The van der Waals surface area contributed by atoms with Crippen LogP contribution in [0.2, 0.25) is 0 Å². The number of hydrogen-bond acceptors (Lipinski definition) is 4. The third-order valence-electron chi connectivity index (χ3n) is 3.11. The van der Waals surface area contributed by atoms with Crippen LogP contribution in [0.4, 0.5) is 10.1 Å². The Morgan fingerprint density at radius 1 is 1.33 bits per heavy atom. The molecular weight excluding hydrogens is 351 g/mol. The van der Waals surface area contributed by atoms with Crippen LogP contribution in [0.15, 0.2) is 24.3 Å². The number of carbonyl (C=O) groups excluding carboxylic acids is 1. The second-order valence-electron chi connectivity index (χ2n) is 6.44. The number of sulfonamides is 1. The van der Waals surface area contributed by atoms with Gasteiger partial charge >= 0.3 is 0 Å². The van der Waals surface area contributed by atoms with Gasteiger partial charge in [-0.25, -0.2) is 12.8 Å². The van der Waals surface area contributed by atoms with E-state index in [1.807, 2.05) is 0 Å². The van der Waals surface area contributed by atoms with Crippen LogP contribution in [0.25, 0.3) is 0 Å². The Balaban J connectivity index is 2.85. The van der Waals surface area contributed by atoms with Crippen molar-refractivity contribution in [2.45, 2.75) is 38.5 Å². The summed E-state index contributed by atoms with van der Waals surface area (Å²) in [6.45, 7) is 8.09. The van der Waals surface area contributed by atoms with Gasteiger partial charge in [-0.2, -0.15) is 11.8 Å². The molecule has 0 aliphatic carbocycles. The standard InChI is InChI=1S/C16H25FN2O3S2/c1-12(15(20)18-10-11-23-16(2,3)4)19(24(5,21)22)14-9-7-6-8-13(14)17/h6-9,12H,10-11H2,1-5H3,(H,18,20)/t12-/m0/s1. The van der Waals surface area contributed by atoms with Gasteiger partial charge in [-0.1, -0.05) is 32.9 Å². The second kappa shape index (κ2) is 8.20. The molecule has 136 valence electrons. The minimum Gasteiger partial charge on any atom is -0.353 e. The molecule has 1 rings (SSSR count). The first-order valence-corrected chi connectivity index (χ1v) is 10.4. The Bertz CT molecular complexity index is 672. The van der Waals surface area contributed by atoms with Gasteiger partial charge in [-0.3, -0.25) is 9.10 Å². The summed E-state index contributed by atoms with van der Waals surface area (Å²) in [6, 6.07) is 4.46. The lowest BCUT2D eigenvalue weighted by molar-refractivity contribution is -0.121. The Hall–Kier alpha value is -1.28. The highest BCUT2D eigenvalue weighted by atomic mass is 32.2. The van der Waals surface area contributed by atoms with Crippen molar-refractivity contribution in [3.05, 3.63) is 30.1 Å². The van der Waals surface area contributed by atoms with E-state index in [1.165, 1.54) is 25.1 Å². The number of anilines is 1. The predicted octanol–water partition coefficient (Wildman–Crippen LogP) is 2.63. The maximum Gasteiger partial charge on any atom is 0.243 e. The van der Waals surface area contributed by atoms with Crippen molar-refractivity contribution in [2.24, 2.45) is 0 Å². The molecule has 5 nitrogen and oxygen atoms in total. The highest BCUT2D eigenvalue weighted by Gasteiger charge is 2.30. The van der Waals surface area contributed by atoms with Crippen molar-refractivity contribution in [1.82, 2.24) is 5.32 Å². The number of benzene rings is 1. The van der Waals surface area contributed by atoms with E-state index in [4.69, 9.17) is 0 Å². The fraction of sp³-hybridized carbons (Fsp3) is 0.562. The third kappa shape index (κ3) is 6.32. The van der Waals surface area contributed by atoms with Crippen molar-refractivity contribution >= 4 is 33.4 Å². The van der Waals surface area contributed by atoms with Gasteiger partial charge < -0.3 is 5.32 Å². The van der Waals surface area contributed by atoms with Crippen molar-refractivity contribution in [3.63, 3.8) is 0 Å². The fourth-order valence-electron chi connectivity index (χ4n) is 2.09. The molecule has 0 unspecified atom stereocenters. The minimum absolute atomic E-state index is 0.0856. The number of carbonyl (C=O) groups is 1. The molecule has 0 aromatic heterocycles. The van der Waals surface area contributed by atoms with Crippen LogP contribution in [0, 0.1) is 5.82 Å². The lowest BCUT2D eigenvalue weighted by Crippen LogP contribution is -2.48. The van der Waals surface area contributed by atoms with Crippen LogP contribution in [0.1, 0.15) is 27.7 Å². The van der Waals surface area contributed by atoms with Crippen molar-refractivity contribution in [1.29, 1.82) is 0 Å². The molecule has 24 heavy (non-hydrogen) atoms. The fourth-order valence-corrected chi connectivity index (χ4v) is 4.08. The van der Waals surface area contributed by atoms with Crippen molar-refractivity contribution in [2.75, 3.05) is 22.9 Å². The maximum atomic E-state index is 14.0. The largest absolute Gasteiger partial charge is 0.353 e. The van der Waals surface area contributed by atoms with Crippen molar-refractivity contribution in [3.8, 4) is 0 Å². The van der Waals surface area contributed by atoms with Crippen LogP contribution in [0.3, 0.4) is 0 Å². The molecule has 0 saturated heterocycles. The zero-order chi connectivity index (χ0) is 18.5. The number of amides is 1. The first-order valence-electron chi connectivity index (χ1n) is 7.59. The number of rotatable bonds is 7. The number of halogens is 1. The molecule has 1 amide bonds. The number of hydrogen-bond donors (Lipinski definition) is 1. The normalized spacial score (nSPS) is 13.4. The summed E-state index contributed by atoms with van der Waals surface area (Å²) < 4.78 is 39.0. The second-order valence-corrected chi connectivity index (χ2v) is 10.2. The molecule has 0 fully saturated rings. The van der Waals surface area contributed by atoms with E-state index in [1.54, 1.807) is 11.8 Å². The molecule has 0 radical (unpaired) electrons. The summed E-state index contributed by atoms with van der Waals surface area (Å²) in [6.07, 6.45) is 0.957. The summed E-state index contributed by atoms with van der Waals surface area (Å²) in [4.78, 5) is 12.3. The Morgan fingerprint density at radius 2 is 1.92 bits per heavy atom. The average molecular weight is 377 g/mol. The smallest absolute Gasteiger partial charge is 0.243 e. The lowest BCUT2D eigenvalue weighted by atomic mass is 10.2. The van der Waals surface area contributed by atoms with Gasteiger partial charge in [-0.15, -0.1) is 0 Å².